The van der Waals surface area contributed by atoms with Gasteiger partial charge in [0.05, 0.1) is 10.7 Å². The van der Waals surface area contributed by atoms with Crippen molar-refractivity contribution >= 4 is 11.3 Å². The van der Waals surface area contributed by atoms with Gasteiger partial charge in [-0.3, -0.25) is 0 Å². The zero-order chi connectivity index (χ0) is 12.3. The summed E-state index contributed by atoms with van der Waals surface area (Å²) >= 11 is 1.65. The topological polar surface area (TPSA) is 38.9 Å². The lowest BCUT2D eigenvalue weighted by molar-refractivity contribution is 0.627. The molecule has 4 heteroatoms. The molecule has 0 spiro atoms. The lowest BCUT2D eigenvalue weighted by Gasteiger charge is -1.97. The highest BCUT2D eigenvalue weighted by atomic mass is 32.1. The first-order valence-corrected chi connectivity index (χ1v) is 6.46. The molecule has 1 aromatic carbocycles. The minimum atomic E-state index is -0.204. The highest BCUT2D eigenvalue weighted by Gasteiger charge is 2.08. The molecule has 0 aliphatic carbocycles. The van der Waals surface area contributed by atoms with Crippen molar-refractivity contribution in [3.63, 3.8) is 0 Å². The number of aromatic nitrogens is 1. The zero-order valence-corrected chi connectivity index (χ0v) is 10.6. The lowest BCUT2D eigenvalue weighted by Crippen LogP contribution is -1.97. The highest BCUT2D eigenvalue weighted by Crippen LogP contribution is 2.21. The molecule has 0 saturated heterocycles. The quantitative estimate of drug-likeness (QED) is 0.906. The van der Waals surface area contributed by atoms with Crippen LogP contribution in [-0.4, -0.2) is 4.98 Å². The minimum absolute atomic E-state index is 0.204. The maximum Gasteiger partial charge on any atom is 0.123 e. The molecule has 0 saturated carbocycles. The van der Waals surface area contributed by atoms with Crippen molar-refractivity contribution in [1.82, 2.24) is 4.98 Å². The molecule has 0 atom stereocenters. The van der Waals surface area contributed by atoms with Crippen LogP contribution in [0.5, 0.6) is 0 Å². The fourth-order valence-corrected chi connectivity index (χ4v) is 2.80. The third-order valence-corrected chi connectivity index (χ3v) is 3.73. The van der Waals surface area contributed by atoms with Crippen LogP contribution in [0.3, 0.4) is 0 Å². The molecule has 0 aliphatic heterocycles. The average Bonchev–Trinajstić information content (AvgIpc) is 2.74. The van der Waals surface area contributed by atoms with Crippen LogP contribution >= 0.6 is 11.3 Å². The standard InChI is InChI=1S/C13H15FN2S/c1-2-11-12(8-15)17-13(16-11)7-9-3-5-10(14)6-4-9/h3-6H,2,7-8,15H2,1H3. The van der Waals surface area contributed by atoms with E-state index in [1.165, 1.54) is 12.1 Å². The molecule has 0 aliphatic rings. The average molecular weight is 250 g/mol. The van der Waals surface area contributed by atoms with E-state index in [-0.39, 0.29) is 5.82 Å². The number of halogens is 1. The van der Waals surface area contributed by atoms with E-state index in [0.29, 0.717) is 6.54 Å². The Bertz CT molecular complexity index is 469. The highest BCUT2D eigenvalue weighted by molar-refractivity contribution is 7.11. The predicted octanol–water partition coefficient (Wildman–Crippen LogP) is 2.89. The molecule has 2 aromatic rings. The summed E-state index contributed by atoms with van der Waals surface area (Å²) in [6, 6.07) is 6.55. The third-order valence-electron chi connectivity index (χ3n) is 2.61. The SMILES string of the molecule is CCc1nc(Cc2ccc(F)cc2)sc1CN. The monoisotopic (exact) mass is 250 g/mol. The van der Waals surface area contributed by atoms with E-state index in [0.717, 1.165) is 34.0 Å². The molecule has 0 amide bonds. The van der Waals surface area contributed by atoms with Crippen LogP contribution in [0.1, 0.15) is 28.1 Å². The molecule has 2 rings (SSSR count). The summed E-state index contributed by atoms with van der Waals surface area (Å²) in [6.07, 6.45) is 1.66. The second-order valence-corrected chi connectivity index (χ2v) is 5.01. The van der Waals surface area contributed by atoms with Crippen LogP contribution in [0, 0.1) is 5.82 Å². The summed E-state index contributed by atoms with van der Waals surface area (Å²) in [7, 11) is 0. The van der Waals surface area contributed by atoms with Crippen molar-refractivity contribution in [2.45, 2.75) is 26.3 Å². The van der Waals surface area contributed by atoms with Gasteiger partial charge in [-0.25, -0.2) is 9.37 Å². The van der Waals surface area contributed by atoms with Gasteiger partial charge in [0, 0.05) is 17.8 Å². The second kappa shape index (κ2) is 5.38. The van der Waals surface area contributed by atoms with Gasteiger partial charge in [-0.1, -0.05) is 19.1 Å². The molecule has 0 unspecified atom stereocenters. The van der Waals surface area contributed by atoms with Gasteiger partial charge in [-0.15, -0.1) is 11.3 Å². The molecule has 1 heterocycles. The zero-order valence-electron chi connectivity index (χ0n) is 9.74. The van der Waals surface area contributed by atoms with Gasteiger partial charge in [0.15, 0.2) is 0 Å². The van der Waals surface area contributed by atoms with Crippen molar-refractivity contribution in [1.29, 1.82) is 0 Å². The predicted molar refractivity (Wildman–Crippen MR) is 68.6 cm³/mol. The Morgan fingerprint density at radius 2 is 2.00 bits per heavy atom. The van der Waals surface area contributed by atoms with Crippen LogP contribution in [0.25, 0.3) is 0 Å². The van der Waals surface area contributed by atoms with Crippen molar-refractivity contribution in [3.05, 3.63) is 51.2 Å². The third kappa shape index (κ3) is 2.90. The summed E-state index contributed by atoms with van der Waals surface area (Å²) in [6.45, 7) is 2.63. The summed E-state index contributed by atoms with van der Waals surface area (Å²) in [5, 5.41) is 1.05. The molecule has 2 N–H and O–H groups in total. The van der Waals surface area contributed by atoms with E-state index in [1.54, 1.807) is 23.5 Å². The van der Waals surface area contributed by atoms with E-state index < -0.39 is 0 Å². The van der Waals surface area contributed by atoms with Crippen LogP contribution in [0.2, 0.25) is 0 Å². The van der Waals surface area contributed by atoms with E-state index in [4.69, 9.17) is 5.73 Å². The van der Waals surface area contributed by atoms with Gasteiger partial charge >= 0.3 is 0 Å². The Morgan fingerprint density at radius 1 is 1.29 bits per heavy atom. The van der Waals surface area contributed by atoms with Crippen molar-refractivity contribution in [2.75, 3.05) is 0 Å². The number of aryl methyl sites for hydroxylation is 1. The van der Waals surface area contributed by atoms with Crippen molar-refractivity contribution < 1.29 is 4.39 Å². The normalized spacial score (nSPS) is 10.8. The second-order valence-electron chi connectivity index (χ2n) is 3.84. The first kappa shape index (κ1) is 12.2. The largest absolute Gasteiger partial charge is 0.326 e. The van der Waals surface area contributed by atoms with Crippen LogP contribution in [0.15, 0.2) is 24.3 Å². The number of hydrogen-bond donors (Lipinski definition) is 1. The number of thiazole rings is 1. The van der Waals surface area contributed by atoms with E-state index >= 15 is 0 Å². The number of nitrogens with zero attached hydrogens (tertiary/aromatic N) is 1. The molecule has 0 fully saturated rings. The first-order chi connectivity index (χ1) is 8.22. The molecular weight excluding hydrogens is 235 g/mol. The maximum absolute atomic E-state index is 12.8. The van der Waals surface area contributed by atoms with E-state index in [2.05, 4.69) is 11.9 Å². The van der Waals surface area contributed by atoms with Crippen molar-refractivity contribution in [2.24, 2.45) is 5.73 Å². The van der Waals surface area contributed by atoms with Gasteiger partial charge in [-0.05, 0) is 24.1 Å². The number of nitrogens with two attached hydrogens (primary N) is 1. The van der Waals surface area contributed by atoms with E-state index in [1.807, 2.05) is 0 Å². The summed E-state index contributed by atoms with van der Waals surface area (Å²) in [5.41, 5.74) is 7.84. The lowest BCUT2D eigenvalue weighted by atomic mass is 10.1. The summed E-state index contributed by atoms with van der Waals surface area (Å²) < 4.78 is 12.8. The van der Waals surface area contributed by atoms with Gasteiger partial charge in [0.2, 0.25) is 0 Å². The van der Waals surface area contributed by atoms with Gasteiger partial charge in [-0.2, -0.15) is 0 Å². The molecule has 0 bridgehead atoms. The molecule has 1 aromatic heterocycles. The molecular formula is C13H15FN2S. The molecule has 17 heavy (non-hydrogen) atoms. The summed E-state index contributed by atoms with van der Waals surface area (Å²) in [4.78, 5) is 5.72. The van der Waals surface area contributed by atoms with Crippen LogP contribution < -0.4 is 5.73 Å². The smallest absolute Gasteiger partial charge is 0.123 e. The fraction of sp³-hybridized carbons (Fsp3) is 0.308. The number of hydrogen-bond acceptors (Lipinski definition) is 3. The Kier molecular flexibility index (Phi) is 3.86. The number of benzene rings is 1. The number of rotatable bonds is 4. The van der Waals surface area contributed by atoms with Crippen molar-refractivity contribution in [3.8, 4) is 0 Å². The first-order valence-electron chi connectivity index (χ1n) is 5.65. The fourth-order valence-electron chi connectivity index (χ4n) is 1.73. The van der Waals surface area contributed by atoms with E-state index in [9.17, 15) is 4.39 Å². The van der Waals surface area contributed by atoms with Crippen LogP contribution in [0.4, 0.5) is 4.39 Å². The summed E-state index contributed by atoms with van der Waals surface area (Å²) in [5.74, 6) is -0.204. The molecule has 0 radical (unpaired) electrons. The van der Waals surface area contributed by atoms with Crippen LogP contribution in [-0.2, 0) is 19.4 Å². The van der Waals surface area contributed by atoms with Gasteiger partial charge in [0.25, 0.3) is 0 Å². The van der Waals surface area contributed by atoms with Gasteiger partial charge in [0.1, 0.15) is 5.82 Å². The minimum Gasteiger partial charge on any atom is -0.326 e. The molecule has 90 valence electrons. The van der Waals surface area contributed by atoms with Gasteiger partial charge < -0.3 is 5.73 Å². The Hall–Kier alpha value is -1.26. The Balaban J connectivity index is 2.18. The molecule has 2 nitrogen and oxygen atoms in total. The Morgan fingerprint density at radius 3 is 2.53 bits per heavy atom. The Labute approximate surface area is 104 Å². The maximum atomic E-state index is 12.8.